The maximum atomic E-state index is 12.2. The number of piperidine rings is 1. The Balaban J connectivity index is 2.30. The van der Waals surface area contributed by atoms with Gasteiger partial charge >= 0.3 is 0 Å². The van der Waals surface area contributed by atoms with Crippen LogP contribution < -0.4 is 0 Å². The van der Waals surface area contributed by atoms with Crippen molar-refractivity contribution in [3.63, 3.8) is 0 Å². The molecule has 1 aliphatic rings. The molecule has 0 aliphatic carbocycles. The van der Waals surface area contributed by atoms with Crippen LogP contribution in [-0.4, -0.2) is 49.4 Å². The molecule has 1 aliphatic heterocycles. The van der Waals surface area contributed by atoms with Crippen LogP contribution >= 0.6 is 0 Å². The highest BCUT2D eigenvalue weighted by molar-refractivity contribution is 5.76. The normalized spacial score (nSPS) is 18.2. The molecule has 0 atom stereocenters. The SMILES string of the molecule is CN1CCC(CCC(C)(C)CCN(C)C(=O)CC(C)(C)C)CC1. The molecule has 0 saturated carbocycles. The molecule has 23 heavy (non-hydrogen) atoms. The van der Waals surface area contributed by atoms with Crippen molar-refractivity contribution in [2.75, 3.05) is 33.7 Å². The molecule has 1 amide bonds. The minimum atomic E-state index is 0.0784. The van der Waals surface area contributed by atoms with Crippen LogP contribution in [0.3, 0.4) is 0 Å². The van der Waals surface area contributed by atoms with Gasteiger partial charge in [0.2, 0.25) is 5.91 Å². The highest BCUT2D eigenvalue weighted by atomic mass is 16.2. The maximum absolute atomic E-state index is 12.2. The van der Waals surface area contributed by atoms with Gasteiger partial charge in [-0.25, -0.2) is 0 Å². The van der Waals surface area contributed by atoms with Gasteiger partial charge in [-0.05, 0) is 69.0 Å². The number of hydrogen-bond donors (Lipinski definition) is 0. The van der Waals surface area contributed by atoms with Crippen molar-refractivity contribution >= 4 is 5.91 Å². The molecule has 136 valence electrons. The van der Waals surface area contributed by atoms with Crippen molar-refractivity contribution in [2.24, 2.45) is 16.7 Å². The molecule has 1 rings (SSSR count). The molecular weight excluding hydrogens is 284 g/mol. The van der Waals surface area contributed by atoms with Crippen molar-refractivity contribution in [2.45, 2.75) is 73.1 Å². The van der Waals surface area contributed by atoms with Crippen molar-refractivity contribution in [1.82, 2.24) is 9.80 Å². The molecule has 1 saturated heterocycles. The largest absolute Gasteiger partial charge is 0.346 e. The van der Waals surface area contributed by atoms with Gasteiger partial charge in [-0.3, -0.25) is 4.79 Å². The molecule has 0 aromatic carbocycles. The molecule has 1 heterocycles. The second-order valence-corrected chi connectivity index (χ2v) is 9.75. The lowest BCUT2D eigenvalue weighted by atomic mass is 9.80. The van der Waals surface area contributed by atoms with Crippen molar-refractivity contribution < 1.29 is 4.79 Å². The third-order valence-corrected chi connectivity index (χ3v) is 5.30. The van der Waals surface area contributed by atoms with Gasteiger partial charge in [-0.15, -0.1) is 0 Å². The lowest BCUT2D eigenvalue weighted by molar-refractivity contribution is -0.132. The molecule has 1 fully saturated rings. The van der Waals surface area contributed by atoms with E-state index in [4.69, 9.17) is 0 Å². The third kappa shape index (κ3) is 8.74. The lowest BCUT2D eigenvalue weighted by Gasteiger charge is -2.33. The Morgan fingerprint density at radius 2 is 1.65 bits per heavy atom. The number of carbonyl (C=O) groups excluding carboxylic acids is 1. The molecular formula is C20H40N2O. The number of likely N-dealkylation sites (tertiary alicyclic amines) is 1. The molecule has 0 unspecified atom stereocenters. The van der Waals surface area contributed by atoms with Crippen molar-refractivity contribution in [3.05, 3.63) is 0 Å². The average Bonchev–Trinajstić information content (AvgIpc) is 2.42. The van der Waals surface area contributed by atoms with Crippen LogP contribution in [0.2, 0.25) is 0 Å². The van der Waals surface area contributed by atoms with E-state index in [2.05, 4.69) is 46.6 Å². The van der Waals surface area contributed by atoms with E-state index in [0.29, 0.717) is 11.8 Å². The Hall–Kier alpha value is -0.570. The summed E-state index contributed by atoms with van der Waals surface area (Å²) in [4.78, 5) is 16.6. The number of nitrogens with zero attached hydrogens (tertiary/aromatic N) is 2. The van der Waals surface area contributed by atoms with Crippen LogP contribution in [0.5, 0.6) is 0 Å². The van der Waals surface area contributed by atoms with E-state index in [1.54, 1.807) is 0 Å². The summed E-state index contributed by atoms with van der Waals surface area (Å²) >= 11 is 0. The van der Waals surface area contributed by atoms with Crippen LogP contribution in [0.15, 0.2) is 0 Å². The van der Waals surface area contributed by atoms with Crippen LogP contribution in [0.25, 0.3) is 0 Å². The minimum Gasteiger partial charge on any atom is -0.346 e. The quantitative estimate of drug-likeness (QED) is 0.692. The summed E-state index contributed by atoms with van der Waals surface area (Å²) in [5.74, 6) is 1.19. The fourth-order valence-corrected chi connectivity index (χ4v) is 3.25. The van der Waals surface area contributed by atoms with Gasteiger partial charge in [0.05, 0.1) is 0 Å². The van der Waals surface area contributed by atoms with E-state index in [9.17, 15) is 4.79 Å². The van der Waals surface area contributed by atoms with Crippen LogP contribution in [0.4, 0.5) is 0 Å². The Kier molecular flexibility index (Phi) is 7.57. The summed E-state index contributed by atoms with van der Waals surface area (Å²) in [6.07, 6.45) is 7.09. The summed E-state index contributed by atoms with van der Waals surface area (Å²) in [5, 5.41) is 0. The average molecular weight is 325 g/mol. The van der Waals surface area contributed by atoms with Gasteiger partial charge in [-0.1, -0.05) is 34.6 Å². The van der Waals surface area contributed by atoms with Gasteiger partial charge in [0, 0.05) is 20.0 Å². The maximum Gasteiger partial charge on any atom is 0.222 e. The zero-order valence-corrected chi connectivity index (χ0v) is 16.7. The fraction of sp³-hybridized carbons (Fsp3) is 0.950. The zero-order valence-electron chi connectivity index (χ0n) is 16.7. The first-order chi connectivity index (χ1) is 10.5. The molecule has 3 nitrogen and oxygen atoms in total. The molecule has 0 radical (unpaired) electrons. The van der Waals surface area contributed by atoms with Crippen LogP contribution in [-0.2, 0) is 4.79 Å². The van der Waals surface area contributed by atoms with E-state index in [-0.39, 0.29) is 11.3 Å². The number of amides is 1. The van der Waals surface area contributed by atoms with Gasteiger partial charge < -0.3 is 9.80 Å². The van der Waals surface area contributed by atoms with Crippen molar-refractivity contribution in [3.8, 4) is 0 Å². The second kappa shape index (κ2) is 8.50. The van der Waals surface area contributed by atoms with Gasteiger partial charge in [-0.2, -0.15) is 0 Å². The van der Waals surface area contributed by atoms with Gasteiger partial charge in [0.1, 0.15) is 0 Å². The van der Waals surface area contributed by atoms with Gasteiger partial charge in [0.15, 0.2) is 0 Å². The predicted octanol–water partition coefficient (Wildman–Crippen LogP) is 4.42. The molecule has 0 spiro atoms. The Labute approximate surface area is 144 Å². The summed E-state index contributed by atoms with van der Waals surface area (Å²) in [7, 11) is 4.19. The van der Waals surface area contributed by atoms with Crippen LogP contribution in [0.1, 0.15) is 73.1 Å². The summed E-state index contributed by atoms with van der Waals surface area (Å²) in [6.45, 7) is 14.5. The van der Waals surface area contributed by atoms with Crippen LogP contribution in [0, 0.1) is 16.7 Å². The van der Waals surface area contributed by atoms with E-state index in [1.807, 2.05) is 11.9 Å². The van der Waals surface area contributed by atoms with Gasteiger partial charge in [0.25, 0.3) is 0 Å². The zero-order chi connectivity index (χ0) is 17.7. The predicted molar refractivity (Wildman–Crippen MR) is 99.6 cm³/mol. The highest BCUT2D eigenvalue weighted by Crippen LogP contribution is 2.32. The molecule has 3 heteroatoms. The molecule has 0 aromatic heterocycles. The lowest BCUT2D eigenvalue weighted by Crippen LogP contribution is -2.33. The first kappa shape index (κ1) is 20.5. The molecule has 0 aromatic rings. The van der Waals surface area contributed by atoms with E-state index < -0.39 is 0 Å². The monoisotopic (exact) mass is 324 g/mol. The van der Waals surface area contributed by atoms with Crippen molar-refractivity contribution in [1.29, 1.82) is 0 Å². The smallest absolute Gasteiger partial charge is 0.222 e. The van der Waals surface area contributed by atoms with E-state index >= 15 is 0 Å². The third-order valence-electron chi connectivity index (χ3n) is 5.30. The highest BCUT2D eigenvalue weighted by Gasteiger charge is 2.24. The first-order valence-corrected chi connectivity index (χ1v) is 9.41. The minimum absolute atomic E-state index is 0.0784. The summed E-state index contributed by atoms with van der Waals surface area (Å²) < 4.78 is 0. The Morgan fingerprint density at radius 3 is 2.17 bits per heavy atom. The Bertz CT molecular complexity index is 362. The second-order valence-electron chi connectivity index (χ2n) is 9.75. The van der Waals surface area contributed by atoms with E-state index in [1.165, 1.54) is 38.8 Å². The standard InChI is InChI=1S/C20H40N2O/c1-19(2,3)16-18(23)22(7)15-12-20(4,5)11-8-17-9-13-21(6)14-10-17/h17H,8-16H2,1-7H3. The topological polar surface area (TPSA) is 23.6 Å². The fourth-order valence-electron chi connectivity index (χ4n) is 3.25. The summed E-state index contributed by atoms with van der Waals surface area (Å²) in [5.41, 5.74) is 0.411. The first-order valence-electron chi connectivity index (χ1n) is 9.41. The molecule has 0 N–H and O–H groups in total. The van der Waals surface area contributed by atoms with E-state index in [0.717, 1.165) is 18.9 Å². The Morgan fingerprint density at radius 1 is 1.09 bits per heavy atom. The number of carbonyl (C=O) groups is 1. The molecule has 0 bridgehead atoms. The summed E-state index contributed by atoms with van der Waals surface area (Å²) in [6, 6.07) is 0. The number of hydrogen-bond acceptors (Lipinski definition) is 2. The number of rotatable bonds is 7.